The number of aromatic nitrogens is 3. The first kappa shape index (κ1) is 19.9. The first-order valence-corrected chi connectivity index (χ1v) is 10.2. The summed E-state index contributed by atoms with van der Waals surface area (Å²) in [5, 5.41) is 8.76. The average Bonchev–Trinajstić information content (AvgIpc) is 3.11. The molecule has 4 aromatic rings. The van der Waals surface area contributed by atoms with Crippen LogP contribution in [0, 0.1) is 13.8 Å². The van der Waals surface area contributed by atoms with Crippen molar-refractivity contribution in [2.24, 2.45) is 0 Å². The lowest BCUT2D eigenvalue weighted by molar-refractivity contribution is -0.121. The maximum atomic E-state index is 12.4. The van der Waals surface area contributed by atoms with Crippen LogP contribution in [0.2, 0.25) is 0 Å². The summed E-state index contributed by atoms with van der Waals surface area (Å²) in [6.45, 7) is 4.59. The monoisotopic (exact) mass is 401 g/mol. The van der Waals surface area contributed by atoms with E-state index in [9.17, 15) is 4.79 Å². The molecule has 2 heterocycles. The fourth-order valence-electron chi connectivity index (χ4n) is 3.78. The van der Waals surface area contributed by atoms with Gasteiger partial charge < -0.3 is 10.2 Å². The minimum atomic E-state index is 0.0382. The van der Waals surface area contributed by atoms with Crippen molar-refractivity contribution >= 4 is 28.1 Å². The lowest BCUT2D eigenvalue weighted by atomic mass is 10.1. The highest BCUT2D eigenvalue weighted by Crippen LogP contribution is 2.23. The molecule has 0 saturated carbocycles. The molecule has 0 fully saturated rings. The topological polar surface area (TPSA) is 62.5 Å². The normalized spacial score (nSPS) is 11.2. The number of nitrogens with one attached hydrogen (secondary N) is 1. The highest BCUT2D eigenvalue weighted by molar-refractivity contribution is 5.92. The minimum absolute atomic E-state index is 0.0382. The van der Waals surface area contributed by atoms with E-state index >= 15 is 0 Å². The van der Waals surface area contributed by atoms with Gasteiger partial charge >= 0.3 is 0 Å². The van der Waals surface area contributed by atoms with Gasteiger partial charge in [-0.15, -0.1) is 0 Å². The summed E-state index contributed by atoms with van der Waals surface area (Å²) >= 11 is 0. The van der Waals surface area contributed by atoms with Crippen LogP contribution in [0.4, 0.5) is 5.69 Å². The molecule has 0 radical (unpaired) electrons. The van der Waals surface area contributed by atoms with Gasteiger partial charge in [0.25, 0.3) is 0 Å². The predicted octanol–water partition coefficient (Wildman–Crippen LogP) is 3.81. The van der Waals surface area contributed by atoms with Crippen molar-refractivity contribution in [1.29, 1.82) is 0 Å². The van der Waals surface area contributed by atoms with Gasteiger partial charge in [0.1, 0.15) is 0 Å². The lowest BCUT2D eigenvalue weighted by Gasteiger charge is -2.13. The van der Waals surface area contributed by atoms with Gasteiger partial charge in [-0.25, -0.2) is 9.50 Å². The van der Waals surface area contributed by atoms with Gasteiger partial charge in [0, 0.05) is 49.5 Å². The average molecular weight is 402 g/mol. The fraction of sp³-hybridized carbons (Fsp3) is 0.292. The molecule has 0 spiro atoms. The largest absolute Gasteiger partial charge is 0.378 e. The Labute approximate surface area is 176 Å². The Hall–Kier alpha value is -3.41. The Morgan fingerprint density at radius 1 is 1.07 bits per heavy atom. The predicted molar refractivity (Wildman–Crippen MR) is 121 cm³/mol. The number of hydrogen-bond donors (Lipinski definition) is 1. The van der Waals surface area contributed by atoms with Crippen LogP contribution < -0.4 is 10.2 Å². The summed E-state index contributed by atoms with van der Waals surface area (Å²) in [5.74, 6) is 0.0382. The van der Waals surface area contributed by atoms with Crippen molar-refractivity contribution in [2.45, 2.75) is 33.2 Å². The molecule has 0 saturated heterocycles. The highest BCUT2D eigenvalue weighted by atomic mass is 16.1. The van der Waals surface area contributed by atoms with E-state index in [4.69, 9.17) is 4.98 Å². The van der Waals surface area contributed by atoms with Crippen molar-refractivity contribution < 1.29 is 4.79 Å². The number of carbonyl (C=O) groups is 1. The Bertz CT molecular complexity index is 1210. The lowest BCUT2D eigenvalue weighted by Crippen LogP contribution is -2.23. The van der Waals surface area contributed by atoms with Crippen molar-refractivity contribution in [2.75, 3.05) is 19.0 Å². The van der Waals surface area contributed by atoms with Crippen LogP contribution in [-0.2, 0) is 17.8 Å². The quantitative estimate of drug-likeness (QED) is 0.534. The third kappa shape index (κ3) is 3.85. The van der Waals surface area contributed by atoms with Crippen LogP contribution >= 0.6 is 0 Å². The molecule has 154 valence electrons. The number of fused-ring (bicyclic) bond motifs is 3. The SMILES string of the molecule is Cc1nc2c3ccccc3nn2c(C)c1CCC(=O)NCc1ccc(N(C)C)cc1. The fourth-order valence-corrected chi connectivity index (χ4v) is 3.78. The van der Waals surface area contributed by atoms with Crippen LogP contribution in [0.15, 0.2) is 48.5 Å². The molecule has 30 heavy (non-hydrogen) atoms. The molecular formula is C24H27N5O. The molecule has 6 nitrogen and oxygen atoms in total. The van der Waals surface area contributed by atoms with Crippen molar-refractivity contribution in [3.8, 4) is 0 Å². The maximum absolute atomic E-state index is 12.4. The zero-order chi connectivity index (χ0) is 21.3. The van der Waals surface area contributed by atoms with Crippen LogP contribution in [-0.4, -0.2) is 34.6 Å². The number of carbonyl (C=O) groups excluding carboxylic acids is 1. The molecule has 2 aromatic carbocycles. The van der Waals surface area contributed by atoms with Crippen molar-refractivity contribution in [1.82, 2.24) is 19.9 Å². The summed E-state index contributed by atoms with van der Waals surface area (Å²) in [7, 11) is 4.03. The molecule has 0 unspecified atom stereocenters. The molecule has 1 N–H and O–H groups in total. The molecule has 0 bridgehead atoms. The molecular weight excluding hydrogens is 374 g/mol. The third-order valence-corrected chi connectivity index (χ3v) is 5.56. The van der Waals surface area contributed by atoms with Gasteiger partial charge in [-0.2, -0.15) is 5.10 Å². The van der Waals surface area contributed by atoms with E-state index in [0.717, 1.165) is 44.8 Å². The van der Waals surface area contributed by atoms with E-state index in [1.54, 1.807) is 0 Å². The summed E-state index contributed by atoms with van der Waals surface area (Å²) in [6, 6.07) is 16.2. The smallest absolute Gasteiger partial charge is 0.220 e. The Balaban J connectivity index is 1.44. The number of hydrogen-bond acceptors (Lipinski definition) is 4. The molecule has 0 atom stereocenters. The number of aryl methyl sites for hydroxylation is 2. The number of benzene rings is 2. The van der Waals surface area contributed by atoms with Gasteiger partial charge in [-0.05, 0) is 55.7 Å². The Morgan fingerprint density at radius 2 is 1.80 bits per heavy atom. The number of anilines is 1. The van der Waals surface area contributed by atoms with Gasteiger partial charge in [-0.3, -0.25) is 4.79 Å². The summed E-state index contributed by atoms with van der Waals surface area (Å²) < 4.78 is 1.90. The molecule has 0 aliphatic rings. The van der Waals surface area contributed by atoms with E-state index in [0.29, 0.717) is 19.4 Å². The Morgan fingerprint density at radius 3 is 2.53 bits per heavy atom. The highest BCUT2D eigenvalue weighted by Gasteiger charge is 2.14. The van der Waals surface area contributed by atoms with E-state index in [-0.39, 0.29) is 5.91 Å². The maximum Gasteiger partial charge on any atom is 0.220 e. The van der Waals surface area contributed by atoms with E-state index in [2.05, 4.69) is 27.4 Å². The van der Waals surface area contributed by atoms with E-state index < -0.39 is 0 Å². The Kier molecular flexibility index (Phi) is 5.40. The van der Waals surface area contributed by atoms with E-state index in [1.165, 1.54) is 0 Å². The third-order valence-electron chi connectivity index (χ3n) is 5.56. The summed E-state index contributed by atoms with van der Waals surface area (Å²) in [6.07, 6.45) is 1.06. The van der Waals surface area contributed by atoms with Gasteiger partial charge in [0.2, 0.25) is 5.91 Å². The zero-order valence-electron chi connectivity index (χ0n) is 17.9. The first-order valence-electron chi connectivity index (χ1n) is 10.2. The molecule has 0 aliphatic carbocycles. The second-order valence-electron chi connectivity index (χ2n) is 7.85. The second-order valence-corrected chi connectivity index (χ2v) is 7.85. The van der Waals surface area contributed by atoms with Gasteiger partial charge in [0.05, 0.1) is 5.52 Å². The molecule has 4 rings (SSSR count). The molecule has 2 aromatic heterocycles. The second kappa shape index (κ2) is 8.14. The van der Waals surface area contributed by atoms with Crippen LogP contribution in [0.3, 0.4) is 0 Å². The molecule has 0 aliphatic heterocycles. The van der Waals surface area contributed by atoms with Crippen LogP contribution in [0.5, 0.6) is 0 Å². The summed E-state index contributed by atoms with van der Waals surface area (Å²) in [5.41, 5.74) is 7.12. The molecule has 6 heteroatoms. The van der Waals surface area contributed by atoms with Crippen LogP contribution in [0.25, 0.3) is 16.6 Å². The van der Waals surface area contributed by atoms with Crippen molar-refractivity contribution in [3.05, 3.63) is 71.0 Å². The number of nitrogens with zero attached hydrogens (tertiary/aromatic N) is 4. The van der Waals surface area contributed by atoms with Crippen molar-refractivity contribution in [3.63, 3.8) is 0 Å². The number of rotatable bonds is 6. The number of amides is 1. The van der Waals surface area contributed by atoms with Gasteiger partial charge in [0.15, 0.2) is 5.65 Å². The standard InChI is InChI=1S/C24H27N5O/c1-16-20(17(2)29-24(26-16)21-7-5-6-8-22(21)27-29)13-14-23(30)25-15-18-9-11-19(12-10-18)28(3)4/h5-12H,13-15H2,1-4H3,(H,25,30). The van der Waals surface area contributed by atoms with Crippen LogP contribution in [0.1, 0.15) is 28.9 Å². The van der Waals surface area contributed by atoms with E-state index in [1.807, 2.05) is 68.9 Å². The minimum Gasteiger partial charge on any atom is -0.378 e. The zero-order valence-corrected chi connectivity index (χ0v) is 17.9. The van der Waals surface area contributed by atoms with Gasteiger partial charge in [-0.1, -0.05) is 24.3 Å². The summed E-state index contributed by atoms with van der Waals surface area (Å²) in [4.78, 5) is 19.3. The molecule has 1 amide bonds. The first-order chi connectivity index (χ1) is 14.4.